The molecule has 0 aliphatic rings. The Labute approximate surface area is 107 Å². The summed E-state index contributed by atoms with van der Waals surface area (Å²) in [5.41, 5.74) is 2.43. The Morgan fingerprint density at radius 1 is 1.05 bits per heavy atom. The molecule has 0 radical (unpaired) electrons. The van der Waals surface area contributed by atoms with Crippen LogP contribution in [0.3, 0.4) is 0 Å². The van der Waals surface area contributed by atoms with E-state index in [1.165, 1.54) is 0 Å². The van der Waals surface area contributed by atoms with Gasteiger partial charge in [-0.2, -0.15) is 14.1 Å². The lowest BCUT2D eigenvalue weighted by Crippen LogP contribution is -2.02. The third-order valence-corrected chi connectivity index (χ3v) is 2.92. The molecule has 19 heavy (non-hydrogen) atoms. The van der Waals surface area contributed by atoms with Crippen LogP contribution >= 0.6 is 0 Å². The van der Waals surface area contributed by atoms with Crippen molar-refractivity contribution in [2.45, 2.75) is 6.92 Å². The number of nitrogens with zero attached hydrogens (tertiary/aromatic N) is 7. The molecule has 0 aliphatic heterocycles. The third kappa shape index (κ3) is 1.41. The van der Waals surface area contributed by atoms with E-state index in [-0.39, 0.29) is 0 Å². The van der Waals surface area contributed by atoms with Gasteiger partial charge in [0.2, 0.25) is 0 Å². The molecule has 7 nitrogen and oxygen atoms in total. The molecule has 0 unspecified atom stereocenters. The largest absolute Gasteiger partial charge is 0.274 e. The fraction of sp³-hybridized carbons (Fsp3) is 0.0833. The molecule has 0 aliphatic carbocycles. The van der Waals surface area contributed by atoms with Crippen LogP contribution in [0.5, 0.6) is 0 Å². The molecule has 0 spiro atoms. The standard InChI is InChI=1S/C12H9N7/c1-8-11-14-10(9-5-3-2-4-6-9)17-19(11)12-15-13-7-18(12)16-8/h2-7H,1H3. The molecule has 0 atom stereocenters. The third-order valence-electron chi connectivity index (χ3n) is 2.92. The Balaban J connectivity index is 2.08. The van der Waals surface area contributed by atoms with Gasteiger partial charge in [0, 0.05) is 5.56 Å². The number of fused-ring (bicyclic) bond motifs is 3. The van der Waals surface area contributed by atoms with Crippen LogP contribution in [0.15, 0.2) is 36.7 Å². The molecule has 92 valence electrons. The maximum atomic E-state index is 4.52. The topological polar surface area (TPSA) is 73.3 Å². The van der Waals surface area contributed by atoms with Crippen LogP contribution in [0, 0.1) is 6.92 Å². The second kappa shape index (κ2) is 3.58. The number of hydrogen-bond donors (Lipinski definition) is 0. The summed E-state index contributed by atoms with van der Waals surface area (Å²) in [6.07, 6.45) is 1.55. The molecular weight excluding hydrogens is 242 g/mol. The van der Waals surface area contributed by atoms with Crippen LogP contribution < -0.4 is 0 Å². The van der Waals surface area contributed by atoms with Crippen molar-refractivity contribution in [1.29, 1.82) is 0 Å². The fourth-order valence-corrected chi connectivity index (χ4v) is 2.04. The summed E-state index contributed by atoms with van der Waals surface area (Å²) in [5.74, 6) is 1.21. The van der Waals surface area contributed by atoms with Crippen molar-refractivity contribution >= 4 is 11.4 Å². The van der Waals surface area contributed by atoms with Gasteiger partial charge in [-0.1, -0.05) is 30.3 Å². The molecule has 0 N–H and O–H groups in total. The molecule has 7 heteroatoms. The van der Waals surface area contributed by atoms with Crippen LogP contribution in [-0.2, 0) is 0 Å². The molecule has 0 fully saturated rings. The monoisotopic (exact) mass is 251 g/mol. The van der Waals surface area contributed by atoms with Crippen LogP contribution in [0.2, 0.25) is 0 Å². The maximum absolute atomic E-state index is 4.52. The first-order valence-electron chi connectivity index (χ1n) is 5.82. The molecule has 0 amide bonds. The SMILES string of the molecule is Cc1nn2cnnc2n2nc(-c3ccccc3)nc12. The molecule has 4 aromatic rings. The zero-order chi connectivity index (χ0) is 12.8. The maximum Gasteiger partial charge on any atom is 0.274 e. The second-order valence-corrected chi connectivity index (χ2v) is 4.20. The number of aryl methyl sites for hydroxylation is 1. The van der Waals surface area contributed by atoms with Crippen molar-refractivity contribution in [2.24, 2.45) is 0 Å². The number of rotatable bonds is 1. The summed E-state index contributed by atoms with van der Waals surface area (Å²) in [4.78, 5) is 4.52. The zero-order valence-electron chi connectivity index (χ0n) is 10.1. The van der Waals surface area contributed by atoms with Gasteiger partial charge in [0.25, 0.3) is 5.78 Å². The van der Waals surface area contributed by atoms with Crippen LogP contribution in [-0.4, -0.2) is 34.4 Å². The van der Waals surface area contributed by atoms with Gasteiger partial charge in [-0.3, -0.25) is 0 Å². The lowest BCUT2D eigenvalue weighted by molar-refractivity contribution is 0.826. The smallest absolute Gasteiger partial charge is 0.205 e. The molecule has 1 aromatic carbocycles. The van der Waals surface area contributed by atoms with E-state index >= 15 is 0 Å². The van der Waals surface area contributed by atoms with Gasteiger partial charge in [-0.05, 0) is 6.92 Å². The van der Waals surface area contributed by atoms with Crippen molar-refractivity contribution < 1.29 is 0 Å². The van der Waals surface area contributed by atoms with Gasteiger partial charge in [0.15, 0.2) is 11.5 Å². The highest BCUT2D eigenvalue weighted by Crippen LogP contribution is 2.17. The minimum absolute atomic E-state index is 0.551. The Kier molecular flexibility index (Phi) is 1.91. The summed E-state index contributed by atoms with van der Waals surface area (Å²) in [6, 6.07) is 9.82. The Morgan fingerprint density at radius 2 is 1.89 bits per heavy atom. The molecule has 0 saturated heterocycles. The Bertz CT molecular complexity index is 875. The molecule has 3 aromatic heterocycles. The van der Waals surface area contributed by atoms with E-state index in [1.807, 2.05) is 37.3 Å². The quantitative estimate of drug-likeness (QED) is 0.507. The van der Waals surface area contributed by atoms with E-state index in [4.69, 9.17) is 0 Å². The van der Waals surface area contributed by atoms with E-state index < -0.39 is 0 Å². The van der Waals surface area contributed by atoms with Crippen LogP contribution in [0.1, 0.15) is 5.69 Å². The number of benzene rings is 1. The van der Waals surface area contributed by atoms with E-state index in [0.29, 0.717) is 17.2 Å². The number of aromatic nitrogens is 7. The van der Waals surface area contributed by atoms with Crippen LogP contribution in [0.25, 0.3) is 22.8 Å². The number of hydrogen-bond acceptors (Lipinski definition) is 5. The first-order valence-corrected chi connectivity index (χ1v) is 5.82. The van der Waals surface area contributed by atoms with E-state index in [2.05, 4.69) is 25.4 Å². The van der Waals surface area contributed by atoms with E-state index in [1.54, 1.807) is 15.4 Å². The van der Waals surface area contributed by atoms with E-state index in [0.717, 1.165) is 11.3 Å². The van der Waals surface area contributed by atoms with Gasteiger partial charge in [0.1, 0.15) is 12.0 Å². The Hall–Kier alpha value is -2.83. The Morgan fingerprint density at radius 3 is 2.74 bits per heavy atom. The predicted octanol–water partition coefficient (Wildman–Crippen LogP) is 1.14. The minimum Gasteiger partial charge on any atom is -0.205 e. The van der Waals surface area contributed by atoms with Gasteiger partial charge in [0.05, 0.1) is 0 Å². The average Bonchev–Trinajstić information content (AvgIpc) is 3.05. The van der Waals surface area contributed by atoms with Gasteiger partial charge >= 0.3 is 0 Å². The highest BCUT2D eigenvalue weighted by atomic mass is 15.5. The first-order chi connectivity index (χ1) is 9.33. The highest BCUT2D eigenvalue weighted by molar-refractivity contribution is 5.60. The van der Waals surface area contributed by atoms with Gasteiger partial charge in [-0.15, -0.1) is 15.3 Å². The normalized spacial score (nSPS) is 11.4. The lowest BCUT2D eigenvalue weighted by Gasteiger charge is -1.96. The molecule has 3 heterocycles. The predicted molar refractivity (Wildman–Crippen MR) is 67.5 cm³/mol. The van der Waals surface area contributed by atoms with Crippen molar-refractivity contribution in [3.05, 3.63) is 42.4 Å². The molecule has 0 saturated carbocycles. The molecular formula is C12H9N7. The summed E-state index contributed by atoms with van der Waals surface area (Å²) < 4.78 is 3.25. The molecule has 4 rings (SSSR count). The van der Waals surface area contributed by atoms with E-state index in [9.17, 15) is 0 Å². The minimum atomic E-state index is 0.551. The van der Waals surface area contributed by atoms with Gasteiger partial charge < -0.3 is 0 Å². The average molecular weight is 251 g/mol. The summed E-state index contributed by atoms with van der Waals surface area (Å²) >= 11 is 0. The zero-order valence-corrected chi connectivity index (χ0v) is 10.1. The lowest BCUT2D eigenvalue weighted by atomic mass is 10.2. The second-order valence-electron chi connectivity index (χ2n) is 4.20. The van der Waals surface area contributed by atoms with Crippen molar-refractivity contribution in [3.63, 3.8) is 0 Å². The van der Waals surface area contributed by atoms with Crippen molar-refractivity contribution in [1.82, 2.24) is 34.4 Å². The highest BCUT2D eigenvalue weighted by Gasteiger charge is 2.13. The fourth-order valence-electron chi connectivity index (χ4n) is 2.04. The van der Waals surface area contributed by atoms with Gasteiger partial charge in [-0.25, -0.2) is 4.98 Å². The van der Waals surface area contributed by atoms with Crippen molar-refractivity contribution in [2.75, 3.05) is 0 Å². The molecule has 0 bridgehead atoms. The van der Waals surface area contributed by atoms with Crippen molar-refractivity contribution in [3.8, 4) is 11.4 Å². The van der Waals surface area contributed by atoms with Crippen LogP contribution in [0.4, 0.5) is 0 Å². The summed E-state index contributed by atoms with van der Waals surface area (Å²) in [7, 11) is 0. The summed E-state index contributed by atoms with van der Waals surface area (Å²) in [5, 5.41) is 16.7. The first kappa shape index (κ1) is 10.1. The summed E-state index contributed by atoms with van der Waals surface area (Å²) in [6.45, 7) is 1.89.